The van der Waals surface area contributed by atoms with Crippen molar-refractivity contribution < 1.29 is 0 Å². The van der Waals surface area contributed by atoms with Crippen LogP contribution in [0.25, 0.3) is 0 Å². The molecule has 1 aromatic carbocycles. The van der Waals surface area contributed by atoms with Gasteiger partial charge < -0.3 is 0 Å². The molecule has 2 nitrogen and oxygen atoms in total. The molecule has 3 unspecified atom stereocenters. The van der Waals surface area contributed by atoms with Crippen LogP contribution in [0.1, 0.15) is 12.8 Å². The fourth-order valence-corrected chi connectivity index (χ4v) is 2.71. The standard InChI is InChI=1S/C14H16N2/c1-2-4-14(5-3-1)16-15-10-13-9-11-6-7-12(13)8-11/h1-7,10-13,16H,8-9H2/b15-10+. The number of hydrazone groups is 1. The molecule has 0 aliphatic heterocycles. The van der Waals surface area contributed by atoms with Crippen molar-refractivity contribution in [2.24, 2.45) is 22.9 Å². The molecule has 3 rings (SSSR count). The van der Waals surface area contributed by atoms with Crippen LogP contribution in [0.15, 0.2) is 47.6 Å². The van der Waals surface area contributed by atoms with Crippen LogP contribution in [-0.4, -0.2) is 6.21 Å². The van der Waals surface area contributed by atoms with Gasteiger partial charge in [-0.1, -0.05) is 30.4 Å². The molecule has 0 spiro atoms. The summed E-state index contributed by atoms with van der Waals surface area (Å²) in [5.74, 6) is 2.20. The van der Waals surface area contributed by atoms with E-state index in [1.807, 2.05) is 30.3 Å². The molecule has 3 atom stereocenters. The molecule has 2 aliphatic rings. The second-order valence-electron chi connectivity index (χ2n) is 4.70. The summed E-state index contributed by atoms with van der Waals surface area (Å²) in [4.78, 5) is 0. The maximum absolute atomic E-state index is 4.33. The summed E-state index contributed by atoms with van der Waals surface area (Å²) in [6.45, 7) is 0. The molecule has 1 N–H and O–H groups in total. The van der Waals surface area contributed by atoms with Gasteiger partial charge in [0.2, 0.25) is 0 Å². The summed E-state index contributed by atoms with van der Waals surface area (Å²) in [5.41, 5.74) is 4.13. The Morgan fingerprint density at radius 1 is 1.12 bits per heavy atom. The predicted molar refractivity (Wildman–Crippen MR) is 67.4 cm³/mol. The van der Waals surface area contributed by atoms with E-state index in [4.69, 9.17) is 0 Å². The normalized spacial score (nSPS) is 31.4. The fraction of sp³-hybridized carbons (Fsp3) is 0.357. The monoisotopic (exact) mass is 212 g/mol. The van der Waals surface area contributed by atoms with E-state index < -0.39 is 0 Å². The third-order valence-electron chi connectivity index (χ3n) is 3.56. The Morgan fingerprint density at radius 2 is 2.00 bits per heavy atom. The van der Waals surface area contributed by atoms with Crippen LogP contribution in [0.5, 0.6) is 0 Å². The lowest BCUT2D eigenvalue weighted by Gasteiger charge is -2.12. The lowest BCUT2D eigenvalue weighted by Crippen LogP contribution is -2.09. The average Bonchev–Trinajstić information content (AvgIpc) is 2.92. The molecule has 0 saturated heterocycles. The summed E-state index contributed by atoms with van der Waals surface area (Å²) < 4.78 is 0. The van der Waals surface area contributed by atoms with Crippen LogP contribution in [-0.2, 0) is 0 Å². The zero-order valence-electron chi connectivity index (χ0n) is 9.21. The topological polar surface area (TPSA) is 24.4 Å². The number of hydrogen-bond donors (Lipinski definition) is 1. The van der Waals surface area contributed by atoms with Crippen molar-refractivity contribution in [2.75, 3.05) is 5.43 Å². The van der Waals surface area contributed by atoms with Crippen LogP contribution in [0, 0.1) is 17.8 Å². The minimum atomic E-state index is 0.645. The Bertz CT molecular complexity index is 408. The molecule has 82 valence electrons. The summed E-state index contributed by atoms with van der Waals surface area (Å²) in [6.07, 6.45) is 9.41. The van der Waals surface area contributed by atoms with E-state index in [1.165, 1.54) is 12.8 Å². The second kappa shape index (κ2) is 4.12. The van der Waals surface area contributed by atoms with Crippen molar-refractivity contribution in [2.45, 2.75) is 12.8 Å². The zero-order valence-corrected chi connectivity index (χ0v) is 9.21. The van der Waals surface area contributed by atoms with E-state index in [-0.39, 0.29) is 0 Å². The Labute approximate surface area is 96.1 Å². The molecule has 0 heterocycles. The maximum Gasteiger partial charge on any atom is 0.0561 e. The highest BCUT2D eigenvalue weighted by Crippen LogP contribution is 2.42. The Hall–Kier alpha value is -1.57. The molecule has 1 aromatic rings. The Kier molecular flexibility index (Phi) is 2.49. The van der Waals surface area contributed by atoms with Gasteiger partial charge in [-0.3, -0.25) is 5.43 Å². The Balaban J connectivity index is 1.58. The molecule has 0 amide bonds. The molecular weight excluding hydrogens is 196 g/mol. The van der Waals surface area contributed by atoms with Crippen molar-refractivity contribution in [1.82, 2.24) is 0 Å². The van der Waals surface area contributed by atoms with Gasteiger partial charge >= 0.3 is 0 Å². The third-order valence-corrected chi connectivity index (χ3v) is 3.56. The van der Waals surface area contributed by atoms with Gasteiger partial charge in [0, 0.05) is 12.1 Å². The molecule has 0 radical (unpaired) electrons. The van der Waals surface area contributed by atoms with E-state index in [2.05, 4.69) is 28.9 Å². The first-order valence-electron chi connectivity index (χ1n) is 5.94. The highest BCUT2D eigenvalue weighted by molar-refractivity contribution is 5.64. The predicted octanol–water partition coefficient (Wildman–Crippen LogP) is 3.30. The minimum absolute atomic E-state index is 0.645. The number of anilines is 1. The van der Waals surface area contributed by atoms with E-state index in [9.17, 15) is 0 Å². The van der Waals surface area contributed by atoms with E-state index in [0.717, 1.165) is 17.5 Å². The SMILES string of the molecule is C1=CC2CC1CC2/C=N/Nc1ccccc1. The molecule has 1 saturated carbocycles. The third kappa shape index (κ3) is 1.87. The fourth-order valence-electron chi connectivity index (χ4n) is 2.71. The number of para-hydroxylation sites is 1. The van der Waals surface area contributed by atoms with E-state index in [1.54, 1.807) is 0 Å². The first-order valence-corrected chi connectivity index (χ1v) is 5.94. The van der Waals surface area contributed by atoms with Crippen molar-refractivity contribution in [3.8, 4) is 0 Å². The molecule has 2 bridgehead atoms. The number of nitrogens with zero attached hydrogens (tertiary/aromatic N) is 1. The lowest BCUT2D eigenvalue weighted by molar-refractivity contribution is 0.594. The van der Waals surface area contributed by atoms with Crippen LogP contribution in [0.2, 0.25) is 0 Å². The summed E-state index contributed by atoms with van der Waals surface area (Å²) in [7, 11) is 0. The van der Waals surface area contributed by atoms with Crippen LogP contribution in [0.3, 0.4) is 0 Å². The summed E-state index contributed by atoms with van der Waals surface area (Å²) in [5, 5.41) is 4.33. The van der Waals surface area contributed by atoms with Gasteiger partial charge in [-0.15, -0.1) is 0 Å². The molecule has 2 heteroatoms. The van der Waals surface area contributed by atoms with Crippen molar-refractivity contribution in [1.29, 1.82) is 0 Å². The number of benzene rings is 1. The van der Waals surface area contributed by atoms with Crippen molar-refractivity contribution in [3.05, 3.63) is 42.5 Å². The van der Waals surface area contributed by atoms with Crippen LogP contribution >= 0.6 is 0 Å². The molecular formula is C14H16N2. The van der Waals surface area contributed by atoms with Gasteiger partial charge in [0.1, 0.15) is 0 Å². The van der Waals surface area contributed by atoms with Gasteiger partial charge in [0.15, 0.2) is 0 Å². The van der Waals surface area contributed by atoms with Gasteiger partial charge in [0.05, 0.1) is 5.69 Å². The van der Waals surface area contributed by atoms with Crippen molar-refractivity contribution >= 4 is 11.9 Å². The molecule has 16 heavy (non-hydrogen) atoms. The van der Waals surface area contributed by atoms with Gasteiger partial charge in [0.25, 0.3) is 0 Å². The quantitative estimate of drug-likeness (QED) is 0.464. The minimum Gasteiger partial charge on any atom is -0.279 e. The number of allylic oxidation sites excluding steroid dienone is 2. The second-order valence-corrected chi connectivity index (χ2v) is 4.70. The number of hydrogen-bond acceptors (Lipinski definition) is 2. The van der Waals surface area contributed by atoms with Gasteiger partial charge in [-0.25, -0.2) is 0 Å². The highest BCUT2D eigenvalue weighted by Gasteiger charge is 2.34. The first-order chi connectivity index (χ1) is 7.92. The average molecular weight is 212 g/mol. The smallest absolute Gasteiger partial charge is 0.0561 e. The first kappa shape index (κ1) is 9.64. The van der Waals surface area contributed by atoms with Crippen LogP contribution in [0.4, 0.5) is 5.69 Å². The highest BCUT2D eigenvalue weighted by atomic mass is 15.3. The van der Waals surface area contributed by atoms with Crippen LogP contribution < -0.4 is 5.43 Å². The zero-order chi connectivity index (χ0) is 10.8. The lowest BCUT2D eigenvalue weighted by atomic mass is 9.95. The Morgan fingerprint density at radius 3 is 2.69 bits per heavy atom. The van der Waals surface area contributed by atoms with Gasteiger partial charge in [-0.2, -0.15) is 5.10 Å². The van der Waals surface area contributed by atoms with E-state index >= 15 is 0 Å². The number of nitrogens with one attached hydrogen (secondary N) is 1. The molecule has 2 aliphatic carbocycles. The number of rotatable bonds is 3. The maximum atomic E-state index is 4.33. The van der Waals surface area contributed by atoms with Gasteiger partial charge in [-0.05, 0) is 36.8 Å². The molecule has 1 fully saturated rings. The molecule has 0 aromatic heterocycles. The summed E-state index contributed by atoms with van der Waals surface area (Å²) in [6, 6.07) is 10.1. The summed E-state index contributed by atoms with van der Waals surface area (Å²) >= 11 is 0. The van der Waals surface area contributed by atoms with E-state index in [0.29, 0.717) is 5.92 Å². The largest absolute Gasteiger partial charge is 0.279 e. The number of fused-ring (bicyclic) bond motifs is 2. The van der Waals surface area contributed by atoms with Crippen molar-refractivity contribution in [3.63, 3.8) is 0 Å².